The molecule has 0 bridgehead atoms. The van der Waals surface area contributed by atoms with Crippen LogP contribution in [-0.2, 0) is 4.74 Å². The van der Waals surface area contributed by atoms with Crippen molar-refractivity contribution in [1.29, 1.82) is 0 Å². The van der Waals surface area contributed by atoms with Gasteiger partial charge in [-0.05, 0) is 38.8 Å². The summed E-state index contributed by atoms with van der Waals surface area (Å²) in [4.78, 5) is 13.6. The summed E-state index contributed by atoms with van der Waals surface area (Å²) in [6.07, 6.45) is 2.39. The fraction of sp³-hybridized carbons (Fsp3) is 0.692. The summed E-state index contributed by atoms with van der Waals surface area (Å²) >= 11 is 0. The van der Waals surface area contributed by atoms with Crippen LogP contribution in [0.3, 0.4) is 0 Å². The molecule has 6 nitrogen and oxygen atoms in total. The zero-order chi connectivity index (χ0) is 13.7. The molecule has 2 N–H and O–H groups in total. The minimum Gasteiger partial charge on any atom is -0.461 e. The second-order valence-corrected chi connectivity index (χ2v) is 4.93. The first-order valence-corrected chi connectivity index (χ1v) is 6.85. The Balaban J connectivity index is 1.91. The maximum Gasteiger partial charge on any atom is 0.356 e. The molecule has 1 aromatic rings. The summed E-state index contributed by atoms with van der Waals surface area (Å²) in [5.74, 6) is 1.13. The highest BCUT2D eigenvalue weighted by atomic mass is 16.5. The van der Waals surface area contributed by atoms with Crippen LogP contribution in [0.5, 0.6) is 0 Å². The molecule has 0 spiro atoms. The quantitative estimate of drug-likeness (QED) is 0.779. The molecule has 0 atom stereocenters. The average molecular weight is 266 g/mol. The van der Waals surface area contributed by atoms with Crippen LogP contribution in [-0.4, -0.2) is 49.5 Å². The van der Waals surface area contributed by atoms with Crippen molar-refractivity contribution >= 4 is 11.8 Å². The molecule has 0 unspecified atom stereocenters. The van der Waals surface area contributed by atoms with Crippen molar-refractivity contribution in [2.24, 2.45) is 5.92 Å². The van der Waals surface area contributed by atoms with Crippen molar-refractivity contribution in [2.45, 2.75) is 19.8 Å². The number of nitrogens with one attached hydrogen (secondary N) is 2. The number of carbonyl (C=O) groups is 1. The number of rotatable bonds is 5. The largest absolute Gasteiger partial charge is 0.461 e. The fourth-order valence-electron chi connectivity index (χ4n) is 2.37. The summed E-state index contributed by atoms with van der Waals surface area (Å²) in [7, 11) is 2.01. The molecule has 0 aliphatic carbocycles. The number of anilines is 1. The molecule has 6 heteroatoms. The van der Waals surface area contributed by atoms with Crippen LogP contribution in [0, 0.1) is 5.92 Å². The summed E-state index contributed by atoms with van der Waals surface area (Å²) < 4.78 is 4.93. The summed E-state index contributed by atoms with van der Waals surface area (Å²) in [6, 6.07) is 1.75. The van der Waals surface area contributed by atoms with Crippen LogP contribution in [0.15, 0.2) is 6.07 Å². The number of esters is 1. The second-order valence-electron chi connectivity index (χ2n) is 4.93. The molecule has 106 valence electrons. The van der Waals surface area contributed by atoms with Gasteiger partial charge in [-0.15, -0.1) is 0 Å². The first kappa shape index (κ1) is 13.9. The van der Waals surface area contributed by atoms with Gasteiger partial charge >= 0.3 is 5.97 Å². The zero-order valence-corrected chi connectivity index (χ0v) is 11.6. The Bertz CT molecular complexity index is 413. The Morgan fingerprint density at radius 3 is 2.95 bits per heavy atom. The number of piperidine rings is 1. The standard InChI is InChI=1S/C13H22N4O2/c1-3-19-13(18)11-8-12(16-15-11)17(2)9-10-4-6-14-7-5-10/h8,10,14H,3-7,9H2,1-2H3,(H,15,16). The topological polar surface area (TPSA) is 70.2 Å². The lowest BCUT2D eigenvalue weighted by Gasteiger charge is -2.27. The van der Waals surface area contributed by atoms with E-state index in [1.807, 2.05) is 7.05 Å². The van der Waals surface area contributed by atoms with Gasteiger partial charge < -0.3 is 15.0 Å². The third-order valence-electron chi connectivity index (χ3n) is 3.44. The van der Waals surface area contributed by atoms with Crippen molar-refractivity contribution in [1.82, 2.24) is 15.5 Å². The number of ether oxygens (including phenoxy) is 1. The van der Waals surface area contributed by atoms with Gasteiger partial charge in [-0.1, -0.05) is 0 Å². The van der Waals surface area contributed by atoms with E-state index in [2.05, 4.69) is 20.4 Å². The molecule has 2 rings (SSSR count). The molecule has 2 heterocycles. The molecule has 1 aromatic heterocycles. The molecule has 0 saturated carbocycles. The van der Waals surface area contributed by atoms with E-state index in [9.17, 15) is 4.79 Å². The minimum atomic E-state index is -0.350. The van der Waals surface area contributed by atoms with Crippen LogP contribution in [0.2, 0.25) is 0 Å². The van der Waals surface area contributed by atoms with Crippen LogP contribution in [0.4, 0.5) is 5.82 Å². The van der Waals surface area contributed by atoms with E-state index in [1.54, 1.807) is 13.0 Å². The van der Waals surface area contributed by atoms with Gasteiger partial charge in [0.2, 0.25) is 0 Å². The second kappa shape index (κ2) is 6.56. The van der Waals surface area contributed by atoms with Crippen molar-refractivity contribution in [3.05, 3.63) is 11.8 Å². The Kier molecular flexibility index (Phi) is 4.79. The van der Waals surface area contributed by atoms with Crippen LogP contribution in [0.1, 0.15) is 30.3 Å². The lowest BCUT2D eigenvalue weighted by atomic mass is 9.98. The molecule has 0 radical (unpaired) electrons. The first-order valence-electron chi connectivity index (χ1n) is 6.85. The highest BCUT2D eigenvalue weighted by molar-refractivity contribution is 5.88. The summed E-state index contributed by atoms with van der Waals surface area (Å²) in [5.41, 5.74) is 0.411. The normalized spacial score (nSPS) is 16.3. The maximum absolute atomic E-state index is 11.6. The smallest absolute Gasteiger partial charge is 0.356 e. The van der Waals surface area contributed by atoms with Gasteiger partial charge in [-0.2, -0.15) is 5.10 Å². The van der Waals surface area contributed by atoms with E-state index in [0.29, 0.717) is 18.2 Å². The fourth-order valence-corrected chi connectivity index (χ4v) is 2.37. The van der Waals surface area contributed by atoms with Gasteiger partial charge in [-0.25, -0.2) is 4.79 Å². The SMILES string of the molecule is CCOC(=O)c1cc(N(C)CC2CCNCC2)n[nH]1. The van der Waals surface area contributed by atoms with Crippen molar-refractivity contribution < 1.29 is 9.53 Å². The predicted octanol–water partition coefficient (Wildman–Crippen LogP) is 1.02. The lowest BCUT2D eigenvalue weighted by molar-refractivity contribution is 0.0519. The number of hydrogen-bond acceptors (Lipinski definition) is 5. The predicted molar refractivity (Wildman–Crippen MR) is 73.4 cm³/mol. The van der Waals surface area contributed by atoms with Crippen LogP contribution in [0.25, 0.3) is 0 Å². The van der Waals surface area contributed by atoms with Crippen molar-refractivity contribution in [3.63, 3.8) is 0 Å². The molecule has 1 aliphatic rings. The van der Waals surface area contributed by atoms with Gasteiger partial charge in [0.15, 0.2) is 5.82 Å². The number of carbonyl (C=O) groups excluding carboxylic acids is 1. The van der Waals surface area contributed by atoms with Gasteiger partial charge in [0.1, 0.15) is 5.69 Å². The first-order chi connectivity index (χ1) is 9.20. The molecular formula is C13H22N4O2. The highest BCUT2D eigenvalue weighted by Crippen LogP contribution is 2.17. The molecule has 1 aliphatic heterocycles. The van der Waals surface area contributed by atoms with Crippen molar-refractivity contribution in [2.75, 3.05) is 38.2 Å². The van der Waals surface area contributed by atoms with Gasteiger partial charge in [0.05, 0.1) is 6.61 Å². The summed E-state index contributed by atoms with van der Waals surface area (Å²) in [5, 5.41) is 10.3. The van der Waals surface area contributed by atoms with E-state index < -0.39 is 0 Å². The number of H-pyrrole nitrogens is 1. The number of nitrogens with zero attached hydrogens (tertiary/aromatic N) is 2. The Morgan fingerprint density at radius 2 is 2.26 bits per heavy atom. The molecule has 1 saturated heterocycles. The molecule has 0 amide bonds. The Labute approximate surface area is 113 Å². The van der Waals surface area contributed by atoms with E-state index in [-0.39, 0.29) is 5.97 Å². The van der Waals surface area contributed by atoms with E-state index >= 15 is 0 Å². The van der Waals surface area contributed by atoms with Crippen LogP contribution < -0.4 is 10.2 Å². The molecule has 1 fully saturated rings. The Morgan fingerprint density at radius 1 is 1.53 bits per heavy atom. The number of aromatic nitrogens is 2. The average Bonchev–Trinajstić information content (AvgIpc) is 2.90. The maximum atomic E-state index is 11.6. The highest BCUT2D eigenvalue weighted by Gasteiger charge is 2.18. The van der Waals surface area contributed by atoms with Gasteiger partial charge in [0.25, 0.3) is 0 Å². The molecular weight excluding hydrogens is 244 g/mol. The molecule has 0 aromatic carbocycles. The number of hydrogen-bond donors (Lipinski definition) is 2. The molecule has 19 heavy (non-hydrogen) atoms. The third kappa shape index (κ3) is 3.70. The van der Waals surface area contributed by atoms with Crippen LogP contribution >= 0.6 is 0 Å². The lowest BCUT2D eigenvalue weighted by Crippen LogP contribution is -2.34. The Hall–Kier alpha value is -1.56. The van der Waals surface area contributed by atoms with E-state index in [0.717, 1.165) is 25.5 Å². The van der Waals surface area contributed by atoms with E-state index in [1.165, 1.54) is 12.8 Å². The van der Waals surface area contributed by atoms with E-state index in [4.69, 9.17) is 4.74 Å². The number of aromatic amines is 1. The monoisotopic (exact) mass is 266 g/mol. The van der Waals surface area contributed by atoms with Crippen molar-refractivity contribution in [3.8, 4) is 0 Å². The third-order valence-corrected chi connectivity index (χ3v) is 3.44. The van der Waals surface area contributed by atoms with Gasteiger partial charge in [-0.3, -0.25) is 5.10 Å². The van der Waals surface area contributed by atoms with Gasteiger partial charge in [0, 0.05) is 19.7 Å². The zero-order valence-electron chi connectivity index (χ0n) is 11.6. The minimum absolute atomic E-state index is 0.350. The summed E-state index contributed by atoms with van der Waals surface area (Å²) in [6.45, 7) is 5.31.